The fraction of sp³-hybridized carbons (Fsp3) is 0.485. The molecule has 3 heteroatoms. The molecule has 0 fully saturated rings. The zero-order valence-corrected chi connectivity index (χ0v) is 23.4. The van der Waals surface area contributed by atoms with Crippen LogP contribution in [0.25, 0.3) is 11.3 Å². The van der Waals surface area contributed by atoms with Crippen LogP contribution in [0.15, 0.2) is 48.5 Å². The number of rotatable bonds is 9. The van der Waals surface area contributed by atoms with E-state index in [1.54, 1.807) is 0 Å². The van der Waals surface area contributed by atoms with E-state index < -0.39 is 0 Å². The van der Waals surface area contributed by atoms with Crippen LogP contribution < -0.4 is 4.74 Å². The van der Waals surface area contributed by atoms with Gasteiger partial charge in [-0.05, 0) is 74.6 Å². The fourth-order valence-corrected chi connectivity index (χ4v) is 5.74. The zero-order chi connectivity index (χ0) is 25.8. The first kappa shape index (κ1) is 26.4. The SMILES string of the molecule is CCc1cccc(CC)c1-c1cc(OC(C)C)c(CN2CCc3ccccc3C2CC(C)C)c(C)n1. The van der Waals surface area contributed by atoms with Gasteiger partial charge in [0.2, 0.25) is 0 Å². The third kappa shape index (κ3) is 5.67. The van der Waals surface area contributed by atoms with Crippen LogP contribution in [0.2, 0.25) is 0 Å². The molecule has 0 amide bonds. The van der Waals surface area contributed by atoms with E-state index in [1.807, 2.05) is 0 Å². The molecule has 2 aromatic carbocycles. The lowest BCUT2D eigenvalue weighted by atomic mass is 9.87. The zero-order valence-electron chi connectivity index (χ0n) is 23.4. The summed E-state index contributed by atoms with van der Waals surface area (Å²) in [4.78, 5) is 7.88. The van der Waals surface area contributed by atoms with Gasteiger partial charge in [0.25, 0.3) is 0 Å². The minimum atomic E-state index is 0.110. The number of aromatic nitrogens is 1. The van der Waals surface area contributed by atoms with Crippen molar-refractivity contribution in [1.29, 1.82) is 0 Å². The smallest absolute Gasteiger partial charge is 0.128 e. The first-order chi connectivity index (χ1) is 17.3. The van der Waals surface area contributed by atoms with Crippen molar-refractivity contribution in [2.24, 2.45) is 5.92 Å². The molecular formula is C33H44N2O. The second kappa shape index (κ2) is 11.6. The highest BCUT2D eigenvalue weighted by atomic mass is 16.5. The summed E-state index contributed by atoms with van der Waals surface area (Å²) < 4.78 is 6.50. The maximum atomic E-state index is 6.50. The summed E-state index contributed by atoms with van der Waals surface area (Å²) in [5.74, 6) is 1.62. The predicted octanol–water partition coefficient (Wildman–Crippen LogP) is 8.11. The van der Waals surface area contributed by atoms with Gasteiger partial charge in [-0.1, -0.05) is 70.2 Å². The van der Waals surface area contributed by atoms with Gasteiger partial charge >= 0.3 is 0 Å². The molecule has 0 saturated carbocycles. The first-order valence-corrected chi connectivity index (χ1v) is 13.9. The lowest BCUT2D eigenvalue weighted by Gasteiger charge is -2.39. The van der Waals surface area contributed by atoms with Gasteiger partial charge in [-0.3, -0.25) is 9.88 Å². The number of ether oxygens (including phenoxy) is 1. The van der Waals surface area contributed by atoms with Crippen LogP contribution in [-0.4, -0.2) is 22.5 Å². The Morgan fingerprint density at radius 3 is 2.31 bits per heavy atom. The number of hydrogen-bond acceptors (Lipinski definition) is 3. The van der Waals surface area contributed by atoms with Crippen LogP contribution in [-0.2, 0) is 25.8 Å². The number of benzene rings is 2. The molecule has 4 rings (SSSR count). The molecule has 1 aliphatic rings. The van der Waals surface area contributed by atoms with Crippen LogP contribution >= 0.6 is 0 Å². The minimum Gasteiger partial charge on any atom is -0.491 e. The van der Waals surface area contributed by atoms with Crippen molar-refractivity contribution in [2.75, 3.05) is 6.54 Å². The van der Waals surface area contributed by atoms with Crippen LogP contribution in [0.1, 0.15) is 87.5 Å². The van der Waals surface area contributed by atoms with Gasteiger partial charge in [0.1, 0.15) is 5.75 Å². The Kier molecular flexibility index (Phi) is 8.51. The van der Waals surface area contributed by atoms with Crippen LogP contribution in [0, 0.1) is 12.8 Å². The monoisotopic (exact) mass is 484 g/mol. The quantitative estimate of drug-likeness (QED) is 0.307. The van der Waals surface area contributed by atoms with E-state index in [1.165, 1.54) is 33.4 Å². The minimum absolute atomic E-state index is 0.110. The summed E-state index contributed by atoms with van der Waals surface area (Å²) in [7, 11) is 0. The van der Waals surface area contributed by atoms with Gasteiger partial charge in [-0.2, -0.15) is 0 Å². The highest BCUT2D eigenvalue weighted by molar-refractivity contribution is 5.70. The molecule has 0 bridgehead atoms. The number of fused-ring (bicyclic) bond motifs is 1. The van der Waals surface area contributed by atoms with Crippen molar-refractivity contribution in [3.8, 4) is 17.0 Å². The molecule has 0 saturated heterocycles. The van der Waals surface area contributed by atoms with Crippen molar-refractivity contribution < 1.29 is 4.74 Å². The van der Waals surface area contributed by atoms with Crippen molar-refractivity contribution in [1.82, 2.24) is 9.88 Å². The van der Waals surface area contributed by atoms with E-state index in [2.05, 4.69) is 102 Å². The molecule has 3 aromatic rings. The Morgan fingerprint density at radius 1 is 0.972 bits per heavy atom. The number of nitrogens with zero attached hydrogens (tertiary/aromatic N) is 2. The van der Waals surface area contributed by atoms with Crippen molar-refractivity contribution >= 4 is 0 Å². The molecule has 0 aliphatic carbocycles. The van der Waals surface area contributed by atoms with Gasteiger partial charge in [0.05, 0.1) is 11.8 Å². The normalized spacial score (nSPS) is 16.0. The maximum absolute atomic E-state index is 6.50. The standard InChI is InChI=1S/C33H44N2O/c1-8-25-14-12-15-26(9-2)33(25)30-20-32(36-23(5)6)29(24(7)34-30)21-35-18-17-27-13-10-11-16-28(27)31(35)19-22(3)4/h10-16,20,22-23,31H,8-9,17-19,21H2,1-7H3. The van der Waals surface area contributed by atoms with E-state index in [9.17, 15) is 0 Å². The van der Waals surface area contributed by atoms with Gasteiger partial charge in [-0.25, -0.2) is 0 Å². The Morgan fingerprint density at radius 2 is 1.67 bits per heavy atom. The summed E-state index contributed by atoms with van der Waals surface area (Å²) in [5.41, 5.74) is 10.4. The second-order valence-electron chi connectivity index (χ2n) is 11.0. The molecule has 1 aliphatic heterocycles. The summed E-state index contributed by atoms with van der Waals surface area (Å²) in [5, 5.41) is 0. The molecular weight excluding hydrogens is 440 g/mol. The highest BCUT2D eigenvalue weighted by Gasteiger charge is 2.29. The van der Waals surface area contributed by atoms with Crippen LogP contribution in [0.5, 0.6) is 5.75 Å². The largest absolute Gasteiger partial charge is 0.491 e. The molecule has 1 unspecified atom stereocenters. The third-order valence-electron chi connectivity index (χ3n) is 7.49. The van der Waals surface area contributed by atoms with E-state index in [0.717, 1.165) is 55.9 Å². The molecule has 0 spiro atoms. The van der Waals surface area contributed by atoms with Crippen LogP contribution in [0.4, 0.5) is 0 Å². The number of pyridine rings is 1. The molecule has 1 atom stereocenters. The summed E-state index contributed by atoms with van der Waals surface area (Å²) >= 11 is 0. The second-order valence-corrected chi connectivity index (χ2v) is 11.0. The Labute approximate surface area is 218 Å². The van der Waals surface area contributed by atoms with E-state index in [4.69, 9.17) is 9.72 Å². The Bertz CT molecular complexity index is 1160. The van der Waals surface area contributed by atoms with E-state index in [-0.39, 0.29) is 6.10 Å². The number of hydrogen-bond donors (Lipinski definition) is 0. The van der Waals surface area contributed by atoms with Crippen molar-refractivity contribution in [3.05, 3.63) is 82.0 Å². The molecule has 0 N–H and O–H groups in total. The third-order valence-corrected chi connectivity index (χ3v) is 7.49. The average Bonchev–Trinajstić information content (AvgIpc) is 2.85. The van der Waals surface area contributed by atoms with E-state index >= 15 is 0 Å². The van der Waals surface area contributed by atoms with Gasteiger partial charge in [0.15, 0.2) is 0 Å². The molecule has 192 valence electrons. The van der Waals surface area contributed by atoms with E-state index in [0.29, 0.717) is 12.0 Å². The fourth-order valence-electron chi connectivity index (χ4n) is 5.74. The lowest BCUT2D eigenvalue weighted by Crippen LogP contribution is -2.36. The van der Waals surface area contributed by atoms with Crippen molar-refractivity contribution in [2.45, 2.75) is 92.8 Å². The molecule has 0 radical (unpaired) electrons. The summed E-state index contributed by atoms with van der Waals surface area (Å²) in [6, 6.07) is 18.3. The van der Waals surface area contributed by atoms with Crippen LogP contribution in [0.3, 0.4) is 0 Å². The molecule has 1 aromatic heterocycles. The first-order valence-electron chi connectivity index (χ1n) is 13.9. The molecule has 3 nitrogen and oxygen atoms in total. The maximum Gasteiger partial charge on any atom is 0.128 e. The Balaban J connectivity index is 1.77. The molecule has 36 heavy (non-hydrogen) atoms. The van der Waals surface area contributed by atoms with Gasteiger partial charge < -0.3 is 4.74 Å². The summed E-state index contributed by atoms with van der Waals surface area (Å²) in [6.07, 6.45) is 4.36. The molecule has 2 heterocycles. The topological polar surface area (TPSA) is 25.4 Å². The number of aryl methyl sites for hydroxylation is 3. The van der Waals surface area contributed by atoms with Crippen molar-refractivity contribution in [3.63, 3.8) is 0 Å². The predicted molar refractivity (Wildman–Crippen MR) is 152 cm³/mol. The average molecular weight is 485 g/mol. The van der Waals surface area contributed by atoms with Gasteiger partial charge in [0, 0.05) is 42.0 Å². The Hall–Kier alpha value is -2.65. The van der Waals surface area contributed by atoms with Gasteiger partial charge in [-0.15, -0.1) is 0 Å². The summed E-state index contributed by atoms with van der Waals surface area (Å²) in [6.45, 7) is 17.5. The lowest BCUT2D eigenvalue weighted by molar-refractivity contribution is 0.149. The highest BCUT2D eigenvalue weighted by Crippen LogP contribution is 2.38.